The molecule has 1 aromatic heterocycles. The fourth-order valence-corrected chi connectivity index (χ4v) is 3.55. The minimum atomic E-state index is -4.87. The van der Waals surface area contributed by atoms with Crippen LogP contribution in [0.3, 0.4) is 0 Å². The van der Waals surface area contributed by atoms with Gasteiger partial charge in [-0.2, -0.15) is 13.2 Å². The van der Waals surface area contributed by atoms with Crippen LogP contribution in [0, 0.1) is 6.92 Å². The van der Waals surface area contributed by atoms with Crippen molar-refractivity contribution in [3.63, 3.8) is 0 Å². The molecule has 168 valence electrons. The van der Waals surface area contributed by atoms with Crippen LogP contribution in [-0.2, 0) is 12.7 Å². The highest BCUT2D eigenvalue weighted by Crippen LogP contribution is 2.31. The summed E-state index contributed by atoms with van der Waals surface area (Å²) in [6.07, 6.45) is -2.76. The summed E-state index contributed by atoms with van der Waals surface area (Å²) in [5.41, 5.74) is -0.180. The zero-order chi connectivity index (χ0) is 22.6. The van der Waals surface area contributed by atoms with Gasteiger partial charge in [-0.05, 0) is 43.9 Å². The number of benzene rings is 1. The minimum Gasteiger partial charge on any atom is -0.494 e. The molecular weight excluding hydrogens is 413 g/mol. The second-order valence-corrected chi connectivity index (χ2v) is 7.49. The van der Waals surface area contributed by atoms with Crippen LogP contribution in [0.2, 0.25) is 0 Å². The van der Waals surface area contributed by atoms with E-state index in [9.17, 15) is 18.0 Å². The minimum absolute atomic E-state index is 0.0926. The van der Waals surface area contributed by atoms with E-state index in [1.165, 1.54) is 0 Å². The van der Waals surface area contributed by atoms with E-state index in [0.29, 0.717) is 25.6 Å². The second kappa shape index (κ2) is 9.51. The maximum Gasteiger partial charge on any atom is 0.434 e. The number of rotatable bonds is 7. The second-order valence-electron chi connectivity index (χ2n) is 7.49. The van der Waals surface area contributed by atoms with Gasteiger partial charge in [-0.1, -0.05) is 12.1 Å². The Hall–Kier alpha value is -2.88. The van der Waals surface area contributed by atoms with Crippen molar-refractivity contribution in [3.05, 3.63) is 46.8 Å². The normalized spacial score (nSPS) is 15.6. The summed E-state index contributed by atoms with van der Waals surface area (Å²) in [6, 6.07) is 6.05. The molecule has 0 aliphatic carbocycles. The topological polar surface area (TPSA) is 87.6 Å². The van der Waals surface area contributed by atoms with Crippen molar-refractivity contribution in [2.45, 2.75) is 45.5 Å². The van der Waals surface area contributed by atoms with Gasteiger partial charge < -0.3 is 15.2 Å². The van der Waals surface area contributed by atoms with Crippen LogP contribution in [0.25, 0.3) is 0 Å². The molecule has 1 saturated heterocycles. The molecule has 0 atom stereocenters. The van der Waals surface area contributed by atoms with Crippen LogP contribution in [0.15, 0.2) is 24.4 Å². The molecule has 1 aliphatic rings. The zero-order valence-electron chi connectivity index (χ0n) is 17.4. The number of nitrogens with zero attached hydrogens (tertiary/aromatic N) is 3. The molecule has 3 rings (SSSR count). The van der Waals surface area contributed by atoms with Gasteiger partial charge in [0, 0.05) is 31.9 Å². The third-order valence-electron chi connectivity index (χ3n) is 5.17. The fourth-order valence-electron chi connectivity index (χ4n) is 3.55. The van der Waals surface area contributed by atoms with Crippen LogP contribution in [0.4, 0.5) is 19.1 Å². The van der Waals surface area contributed by atoms with Gasteiger partial charge in [-0.15, -0.1) is 0 Å². The Balaban J connectivity index is 1.59. The quantitative estimate of drug-likeness (QED) is 0.676. The van der Waals surface area contributed by atoms with E-state index in [0.717, 1.165) is 36.5 Å². The number of nitrogens with one attached hydrogen (secondary N) is 1. The Morgan fingerprint density at radius 1 is 1.32 bits per heavy atom. The summed E-state index contributed by atoms with van der Waals surface area (Å²) < 4.78 is 45.0. The fraction of sp³-hybridized carbons (Fsp3) is 0.476. The third-order valence-corrected chi connectivity index (χ3v) is 5.17. The van der Waals surface area contributed by atoms with E-state index in [-0.39, 0.29) is 12.0 Å². The van der Waals surface area contributed by atoms with E-state index >= 15 is 0 Å². The van der Waals surface area contributed by atoms with Crippen LogP contribution < -0.4 is 10.1 Å². The lowest BCUT2D eigenvalue weighted by Crippen LogP contribution is -2.39. The number of hydrogen-bond donors (Lipinski definition) is 2. The largest absolute Gasteiger partial charge is 0.494 e. The molecule has 0 unspecified atom stereocenters. The first-order chi connectivity index (χ1) is 14.7. The van der Waals surface area contributed by atoms with Crippen molar-refractivity contribution in [1.82, 2.24) is 14.9 Å². The summed E-state index contributed by atoms with van der Waals surface area (Å²) in [5.74, 6) is -1.05. The van der Waals surface area contributed by atoms with Gasteiger partial charge in [0.05, 0.1) is 6.61 Å². The number of halogens is 3. The lowest BCUT2D eigenvalue weighted by Gasteiger charge is -2.32. The van der Waals surface area contributed by atoms with Crippen LogP contribution in [-0.4, -0.2) is 51.7 Å². The smallest absolute Gasteiger partial charge is 0.434 e. The van der Waals surface area contributed by atoms with Crippen molar-refractivity contribution in [2.75, 3.05) is 25.0 Å². The number of aromatic carboxylic acids is 1. The van der Waals surface area contributed by atoms with Crippen molar-refractivity contribution in [1.29, 1.82) is 0 Å². The molecule has 2 heterocycles. The molecule has 0 bridgehead atoms. The molecular formula is C21H25F3N4O3. The molecule has 31 heavy (non-hydrogen) atoms. The molecule has 7 nitrogen and oxygen atoms in total. The standard InChI is InChI=1S/C21H25F3N4O3/c1-3-31-17-10-14(5-4-13(17)2)12-28-8-6-15(7-9-28)26-20-25-11-16(19(29)30)18(27-20)21(22,23)24/h4-5,10-11,15H,3,6-9,12H2,1-2H3,(H,29,30)(H,25,26,27). The molecule has 2 aromatic rings. The highest BCUT2D eigenvalue weighted by Gasteiger charge is 2.38. The number of likely N-dealkylation sites (tertiary alicyclic amines) is 1. The lowest BCUT2D eigenvalue weighted by atomic mass is 10.0. The van der Waals surface area contributed by atoms with E-state index in [1.54, 1.807) is 0 Å². The molecule has 0 amide bonds. The van der Waals surface area contributed by atoms with E-state index in [2.05, 4.69) is 26.3 Å². The number of aromatic nitrogens is 2. The van der Waals surface area contributed by atoms with E-state index in [1.807, 2.05) is 26.0 Å². The highest BCUT2D eigenvalue weighted by atomic mass is 19.4. The maximum atomic E-state index is 13.1. The first kappa shape index (κ1) is 22.8. The molecule has 2 N–H and O–H groups in total. The van der Waals surface area contributed by atoms with Crippen molar-refractivity contribution >= 4 is 11.9 Å². The van der Waals surface area contributed by atoms with Crippen molar-refractivity contribution in [3.8, 4) is 5.75 Å². The molecule has 1 fully saturated rings. The van der Waals surface area contributed by atoms with Crippen molar-refractivity contribution < 1.29 is 27.8 Å². The predicted octanol–water partition coefficient (Wildman–Crippen LogP) is 3.98. The van der Waals surface area contributed by atoms with Gasteiger partial charge in [-0.25, -0.2) is 14.8 Å². The number of carboxylic acids is 1. The van der Waals surface area contributed by atoms with Gasteiger partial charge in [0.2, 0.25) is 5.95 Å². The summed E-state index contributed by atoms with van der Waals surface area (Å²) in [4.78, 5) is 20.5. The number of aryl methyl sites for hydroxylation is 1. The van der Waals surface area contributed by atoms with E-state index in [4.69, 9.17) is 9.84 Å². The number of carbonyl (C=O) groups is 1. The monoisotopic (exact) mass is 438 g/mol. The molecule has 10 heteroatoms. The summed E-state index contributed by atoms with van der Waals surface area (Å²) >= 11 is 0. The summed E-state index contributed by atoms with van der Waals surface area (Å²) in [6.45, 7) is 6.83. The molecule has 0 radical (unpaired) electrons. The van der Waals surface area contributed by atoms with Gasteiger partial charge in [0.15, 0.2) is 5.69 Å². The van der Waals surface area contributed by atoms with Gasteiger partial charge in [0.25, 0.3) is 0 Å². The van der Waals surface area contributed by atoms with Crippen LogP contribution >= 0.6 is 0 Å². The number of hydrogen-bond acceptors (Lipinski definition) is 6. The number of anilines is 1. The number of ether oxygens (including phenoxy) is 1. The Morgan fingerprint density at radius 2 is 2.03 bits per heavy atom. The third kappa shape index (κ3) is 5.84. The maximum absolute atomic E-state index is 13.1. The molecule has 0 spiro atoms. The highest BCUT2D eigenvalue weighted by molar-refractivity contribution is 5.88. The van der Waals surface area contributed by atoms with Crippen molar-refractivity contribution in [2.24, 2.45) is 0 Å². The van der Waals surface area contributed by atoms with Gasteiger partial charge in [0.1, 0.15) is 11.3 Å². The van der Waals surface area contributed by atoms with Crippen LogP contribution in [0.5, 0.6) is 5.75 Å². The number of carboxylic acid groups (broad SMARTS) is 1. The molecule has 0 saturated carbocycles. The Kier molecular flexibility index (Phi) is 6.99. The number of piperidine rings is 1. The number of alkyl halides is 3. The lowest BCUT2D eigenvalue weighted by molar-refractivity contribution is -0.141. The summed E-state index contributed by atoms with van der Waals surface area (Å²) in [7, 11) is 0. The Morgan fingerprint density at radius 3 is 2.65 bits per heavy atom. The summed E-state index contributed by atoms with van der Waals surface area (Å²) in [5, 5.41) is 11.9. The Bertz CT molecular complexity index is 929. The Labute approximate surface area is 178 Å². The van der Waals surface area contributed by atoms with Crippen LogP contribution in [0.1, 0.15) is 46.9 Å². The average molecular weight is 438 g/mol. The zero-order valence-corrected chi connectivity index (χ0v) is 17.4. The van der Waals surface area contributed by atoms with Gasteiger partial charge >= 0.3 is 12.1 Å². The molecule has 1 aliphatic heterocycles. The average Bonchev–Trinajstić information content (AvgIpc) is 2.71. The SMILES string of the molecule is CCOc1cc(CN2CCC(Nc3ncc(C(=O)O)c(C(F)(F)F)n3)CC2)ccc1C. The molecule has 1 aromatic carbocycles. The first-order valence-corrected chi connectivity index (χ1v) is 10.1. The first-order valence-electron chi connectivity index (χ1n) is 10.1. The predicted molar refractivity (Wildman–Crippen MR) is 108 cm³/mol. The van der Waals surface area contributed by atoms with Gasteiger partial charge in [-0.3, -0.25) is 4.90 Å². The van der Waals surface area contributed by atoms with E-state index < -0.39 is 23.4 Å².